The van der Waals surface area contributed by atoms with Gasteiger partial charge in [0.25, 0.3) is 5.91 Å². The van der Waals surface area contributed by atoms with Crippen LogP contribution in [0.5, 0.6) is 0 Å². The minimum atomic E-state index is -0.706. The van der Waals surface area contributed by atoms with Gasteiger partial charge in [-0.05, 0) is 55.2 Å². The van der Waals surface area contributed by atoms with Crippen molar-refractivity contribution in [3.05, 3.63) is 116 Å². The molecule has 2 amide bonds. The minimum Gasteiger partial charge on any atom is -0.353 e. The second kappa shape index (κ2) is 12.7. The predicted octanol–water partition coefficient (Wildman–Crippen LogP) is 6.92. The van der Waals surface area contributed by atoms with E-state index < -0.39 is 5.92 Å². The number of thioether (sulfide) groups is 1. The summed E-state index contributed by atoms with van der Waals surface area (Å²) in [6, 6.07) is 24.6. The van der Waals surface area contributed by atoms with E-state index in [1.54, 1.807) is 31.2 Å². The molecule has 0 saturated heterocycles. The molecule has 0 fully saturated rings. The molecule has 0 aromatic heterocycles. The number of dihydropyridines is 1. The molecule has 39 heavy (non-hydrogen) atoms. The number of nitriles is 1. The first-order valence-corrected chi connectivity index (χ1v) is 13.9. The zero-order chi connectivity index (χ0) is 27.9. The fourth-order valence-corrected chi connectivity index (χ4v) is 5.72. The Morgan fingerprint density at radius 3 is 2.41 bits per heavy atom. The van der Waals surface area contributed by atoms with Crippen LogP contribution in [0.25, 0.3) is 0 Å². The first-order valence-electron chi connectivity index (χ1n) is 12.6. The van der Waals surface area contributed by atoms with Gasteiger partial charge in [0.1, 0.15) is 0 Å². The number of carbonyl (C=O) groups is 2. The number of allylic oxidation sites excluding steroid dienone is 2. The highest BCUT2D eigenvalue weighted by Crippen LogP contribution is 2.43. The van der Waals surface area contributed by atoms with Crippen LogP contribution in [-0.4, -0.2) is 17.6 Å². The third-order valence-corrected chi connectivity index (χ3v) is 7.85. The topological polar surface area (TPSA) is 94.0 Å². The fourth-order valence-electron chi connectivity index (χ4n) is 4.58. The van der Waals surface area contributed by atoms with Crippen LogP contribution in [-0.2, 0) is 16.0 Å². The smallest absolute Gasteiger partial charge is 0.254 e. The average Bonchev–Trinajstić information content (AvgIpc) is 2.93. The molecule has 8 heteroatoms. The van der Waals surface area contributed by atoms with E-state index in [1.807, 2.05) is 62.4 Å². The van der Waals surface area contributed by atoms with Crippen molar-refractivity contribution in [2.45, 2.75) is 33.1 Å². The molecule has 0 spiro atoms. The van der Waals surface area contributed by atoms with E-state index in [1.165, 1.54) is 11.8 Å². The molecule has 1 atom stereocenters. The lowest BCUT2D eigenvalue weighted by Gasteiger charge is -2.30. The Hall–Kier alpha value is -3.99. The molecule has 198 valence electrons. The van der Waals surface area contributed by atoms with Gasteiger partial charge in [0.2, 0.25) is 5.91 Å². The van der Waals surface area contributed by atoms with E-state index in [0.29, 0.717) is 38.1 Å². The van der Waals surface area contributed by atoms with E-state index in [-0.39, 0.29) is 17.6 Å². The highest BCUT2D eigenvalue weighted by atomic mass is 35.5. The maximum atomic E-state index is 13.5. The van der Waals surface area contributed by atoms with Crippen molar-refractivity contribution in [2.24, 2.45) is 0 Å². The van der Waals surface area contributed by atoms with Crippen LogP contribution in [0, 0.1) is 18.3 Å². The van der Waals surface area contributed by atoms with Crippen LogP contribution >= 0.6 is 23.4 Å². The summed E-state index contributed by atoms with van der Waals surface area (Å²) in [6.45, 7) is 5.80. The third kappa shape index (κ3) is 6.36. The fraction of sp³-hybridized carbons (Fsp3) is 0.194. The van der Waals surface area contributed by atoms with Crippen molar-refractivity contribution >= 4 is 46.6 Å². The molecule has 1 unspecified atom stereocenters. The Labute approximate surface area is 238 Å². The number of halogens is 1. The summed E-state index contributed by atoms with van der Waals surface area (Å²) in [7, 11) is 0. The molecule has 0 radical (unpaired) electrons. The Kier molecular flexibility index (Phi) is 9.13. The average molecular weight is 557 g/mol. The molecular weight excluding hydrogens is 528 g/mol. The summed E-state index contributed by atoms with van der Waals surface area (Å²) in [5, 5.41) is 20.5. The molecule has 4 rings (SSSR count). The monoisotopic (exact) mass is 556 g/mol. The first kappa shape index (κ1) is 28.0. The summed E-state index contributed by atoms with van der Waals surface area (Å²) < 4.78 is 0. The van der Waals surface area contributed by atoms with Gasteiger partial charge in [-0.3, -0.25) is 9.59 Å². The number of hydrogen-bond donors (Lipinski definition) is 3. The number of hydrogen-bond acceptors (Lipinski definition) is 5. The predicted molar refractivity (Wildman–Crippen MR) is 159 cm³/mol. The van der Waals surface area contributed by atoms with Gasteiger partial charge in [-0.1, -0.05) is 84.9 Å². The Morgan fingerprint density at radius 2 is 1.72 bits per heavy atom. The number of benzene rings is 3. The van der Waals surface area contributed by atoms with Gasteiger partial charge in [-0.25, -0.2) is 0 Å². The molecule has 6 nitrogen and oxygen atoms in total. The lowest BCUT2D eigenvalue weighted by Crippen LogP contribution is -2.31. The van der Waals surface area contributed by atoms with Crippen LogP contribution in [0.15, 0.2) is 94.7 Å². The van der Waals surface area contributed by atoms with E-state index in [9.17, 15) is 14.9 Å². The highest BCUT2D eigenvalue weighted by molar-refractivity contribution is 8.03. The molecule has 1 heterocycles. The molecule has 1 aliphatic heterocycles. The van der Waals surface area contributed by atoms with Crippen LogP contribution in [0.4, 0.5) is 11.4 Å². The maximum absolute atomic E-state index is 13.5. The number of rotatable bonds is 8. The third-order valence-electron chi connectivity index (χ3n) is 6.49. The van der Waals surface area contributed by atoms with Crippen molar-refractivity contribution < 1.29 is 9.59 Å². The number of carbonyl (C=O) groups excluding carboxylic acids is 2. The van der Waals surface area contributed by atoms with Crippen molar-refractivity contribution in [1.29, 1.82) is 5.26 Å². The first-order chi connectivity index (χ1) is 18.8. The van der Waals surface area contributed by atoms with E-state index in [2.05, 4.69) is 22.0 Å². The largest absolute Gasteiger partial charge is 0.353 e. The lowest BCUT2D eigenvalue weighted by atomic mass is 9.82. The molecule has 0 bridgehead atoms. The van der Waals surface area contributed by atoms with Crippen molar-refractivity contribution in [3.8, 4) is 6.07 Å². The van der Waals surface area contributed by atoms with Gasteiger partial charge >= 0.3 is 0 Å². The van der Waals surface area contributed by atoms with Gasteiger partial charge in [-0.2, -0.15) is 5.26 Å². The van der Waals surface area contributed by atoms with Gasteiger partial charge in [0.05, 0.1) is 28.3 Å². The molecule has 3 N–H and O–H groups in total. The van der Waals surface area contributed by atoms with Gasteiger partial charge in [0.15, 0.2) is 0 Å². The van der Waals surface area contributed by atoms with Crippen LogP contribution in [0.2, 0.25) is 5.02 Å². The molecule has 3 aromatic rings. The number of anilines is 2. The number of amides is 2. The normalized spacial score (nSPS) is 14.9. The standard InChI is InChI=1S/C31H29ClN4O2S/c1-4-21-12-10-11-19(2)29(21)36-26(37)18-39-31-24(17-33)28(23-15-8-9-16-25(23)32)27(20(3)34-31)30(38)35-22-13-6-5-7-14-22/h5-16,28,34H,4,18H2,1-3H3,(H,35,38)(H,36,37). The summed E-state index contributed by atoms with van der Waals surface area (Å²) in [5.74, 6) is -1.14. The van der Waals surface area contributed by atoms with Crippen LogP contribution in [0.3, 0.4) is 0 Å². The van der Waals surface area contributed by atoms with Crippen molar-refractivity contribution in [2.75, 3.05) is 16.4 Å². The Morgan fingerprint density at radius 1 is 1.00 bits per heavy atom. The quantitative estimate of drug-likeness (QED) is 0.280. The zero-order valence-corrected chi connectivity index (χ0v) is 23.5. The SMILES string of the molecule is CCc1cccc(C)c1NC(=O)CSC1=C(C#N)C(c2ccccc2Cl)C(C(=O)Nc2ccccc2)=C(C)N1. The Balaban J connectivity index is 1.64. The van der Waals surface area contributed by atoms with E-state index >= 15 is 0 Å². The van der Waals surface area contributed by atoms with Gasteiger partial charge < -0.3 is 16.0 Å². The number of nitrogens with one attached hydrogen (secondary N) is 3. The summed E-state index contributed by atoms with van der Waals surface area (Å²) in [6.07, 6.45) is 0.799. The lowest BCUT2D eigenvalue weighted by molar-refractivity contribution is -0.114. The second-order valence-corrected chi connectivity index (χ2v) is 10.5. The molecule has 3 aromatic carbocycles. The summed E-state index contributed by atoms with van der Waals surface area (Å²) in [4.78, 5) is 26.5. The number of nitrogens with zero attached hydrogens (tertiary/aromatic N) is 1. The Bertz CT molecular complexity index is 1510. The maximum Gasteiger partial charge on any atom is 0.254 e. The molecule has 0 saturated carbocycles. The second-order valence-electron chi connectivity index (χ2n) is 9.09. The molecule has 0 aliphatic carbocycles. The minimum absolute atomic E-state index is 0.0824. The number of para-hydroxylation sites is 2. The zero-order valence-electron chi connectivity index (χ0n) is 22.0. The highest BCUT2D eigenvalue weighted by Gasteiger charge is 2.36. The van der Waals surface area contributed by atoms with Gasteiger partial charge in [-0.15, -0.1) is 0 Å². The van der Waals surface area contributed by atoms with E-state index in [0.717, 1.165) is 23.2 Å². The van der Waals surface area contributed by atoms with Crippen molar-refractivity contribution in [1.82, 2.24) is 5.32 Å². The number of aryl methyl sites for hydroxylation is 2. The van der Waals surface area contributed by atoms with Crippen LogP contribution in [0.1, 0.15) is 36.5 Å². The summed E-state index contributed by atoms with van der Waals surface area (Å²) in [5.41, 5.74) is 5.47. The summed E-state index contributed by atoms with van der Waals surface area (Å²) >= 11 is 7.82. The van der Waals surface area contributed by atoms with Crippen molar-refractivity contribution in [3.63, 3.8) is 0 Å². The van der Waals surface area contributed by atoms with E-state index in [4.69, 9.17) is 11.6 Å². The van der Waals surface area contributed by atoms with Crippen LogP contribution < -0.4 is 16.0 Å². The molecular formula is C31H29ClN4O2S. The molecule has 1 aliphatic rings. The van der Waals surface area contributed by atoms with Gasteiger partial charge in [0, 0.05) is 27.7 Å².